The fourth-order valence-corrected chi connectivity index (χ4v) is 1.75. The number of rotatable bonds is 1. The molecule has 0 bridgehead atoms. The standard InChI is InChI=1S/C12H12F/c1-2-9-6-7-11-10(8-9)4-3-5-12(11)13/h3-5,8H,1-2,6-7H2. The summed E-state index contributed by atoms with van der Waals surface area (Å²) in [4.78, 5) is 0. The molecular formula is C12H12F. The van der Waals surface area contributed by atoms with E-state index in [1.165, 1.54) is 11.6 Å². The second-order valence-corrected chi connectivity index (χ2v) is 3.36. The van der Waals surface area contributed by atoms with Crippen LogP contribution in [0.3, 0.4) is 0 Å². The SMILES string of the molecule is [CH2]CC1=Cc2cccc(F)c2CC1. The summed E-state index contributed by atoms with van der Waals surface area (Å²) in [6.45, 7) is 3.84. The summed E-state index contributed by atoms with van der Waals surface area (Å²) < 4.78 is 13.3. The predicted molar refractivity (Wildman–Crippen MR) is 52.7 cm³/mol. The van der Waals surface area contributed by atoms with Crippen molar-refractivity contribution in [2.24, 2.45) is 0 Å². The molecule has 2 rings (SSSR count). The van der Waals surface area contributed by atoms with Crippen LogP contribution in [0.15, 0.2) is 23.8 Å². The van der Waals surface area contributed by atoms with Crippen LogP contribution >= 0.6 is 0 Å². The molecule has 1 radical (unpaired) electrons. The Hall–Kier alpha value is -1.11. The molecule has 0 saturated carbocycles. The zero-order valence-electron chi connectivity index (χ0n) is 7.52. The van der Waals surface area contributed by atoms with Gasteiger partial charge in [-0.2, -0.15) is 0 Å². The summed E-state index contributed by atoms with van der Waals surface area (Å²) in [6.07, 6.45) is 4.67. The molecule has 1 heteroatoms. The maximum Gasteiger partial charge on any atom is 0.127 e. The van der Waals surface area contributed by atoms with Gasteiger partial charge in [0.2, 0.25) is 0 Å². The molecule has 0 heterocycles. The fourth-order valence-electron chi connectivity index (χ4n) is 1.75. The molecule has 13 heavy (non-hydrogen) atoms. The van der Waals surface area contributed by atoms with Gasteiger partial charge < -0.3 is 0 Å². The Balaban J connectivity index is 2.47. The van der Waals surface area contributed by atoms with E-state index in [1.54, 1.807) is 6.07 Å². The highest BCUT2D eigenvalue weighted by molar-refractivity contribution is 5.59. The topological polar surface area (TPSA) is 0 Å². The first-order chi connectivity index (χ1) is 6.31. The van der Waals surface area contributed by atoms with Crippen LogP contribution in [0.1, 0.15) is 24.0 Å². The van der Waals surface area contributed by atoms with Gasteiger partial charge in [-0.25, -0.2) is 4.39 Å². The maximum absolute atomic E-state index is 13.3. The van der Waals surface area contributed by atoms with Crippen LogP contribution in [-0.2, 0) is 6.42 Å². The lowest BCUT2D eigenvalue weighted by atomic mass is 9.91. The second kappa shape index (κ2) is 3.33. The van der Waals surface area contributed by atoms with Crippen molar-refractivity contribution >= 4 is 6.08 Å². The molecule has 0 amide bonds. The highest BCUT2D eigenvalue weighted by Crippen LogP contribution is 2.26. The molecule has 1 aromatic rings. The van der Waals surface area contributed by atoms with Gasteiger partial charge in [0, 0.05) is 0 Å². The van der Waals surface area contributed by atoms with Crippen molar-refractivity contribution in [1.29, 1.82) is 0 Å². The normalized spacial score (nSPS) is 15.1. The lowest BCUT2D eigenvalue weighted by Gasteiger charge is -2.15. The van der Waals surface area contributed by atoms with E-state index in [2.05, 4.69) is 13.0 Å². The summed E-state index contributed by atoms with van der Waals surface area (Å²) in [5.74, 6) is -0.0723. The van der Waals surface area contributed by atoms with Crippen LogP contribution < -0.4 is 0 Å². The number of hydrogen-bond acceptors (Lipinski definition) is 0. The highest BCUT2D eigenvalue weighted by Gasteiger charge is 2.12. The average Bonchev–Trinajstić information content (AvgIpc) is 2.18. The molecule has 0 aliphatic heterocycles. The van der Waals surface area contributed by atoms with E-state index in [0.29, 0.717) is 0 Å². The van der Waals surface area contributed by atoms with Crippen molar-refractivity contribution < 1.29 is 4.39 Å². The van der Waals surface area contributed by atoms with Crippen LogP contribution in [0.25, 0.3) is 6.08 Å². The molecule has 0 N–H and O–H groups in total. The molecule has 1 aliphatic rings. The van der Waals surface area contributed by atoms with Crippen molar-refractivity contribution in [3.63, 3.8) is 0 Å². The largest absolute Gasteiger partial charge is 0.207 e. The Morgan fingerprint density at radius 2 is 2.15 bits per heavy atom. The number of hydrogen-bond donors (Lipinski definition) is 0. The molecule has 0 fully saturated rings. The summed E-state index contributed by atoms with van der Waals surface area (Å²) >= 11 is 0. The minimum absolute atomic E-state index is 0.0723. The van der Waals surface area contributed by atoms with Gasteiger partial charge in [-0.05, 0) is 43.4 Å². The monoisotopic (exact) mass is 175 g/mol. The van der Waals surface area contributed by atoms with Crippen LogP contribution in [-0.4, -0.2) is 0 Å². The van der Waals surface area contributed by atoms with Gasteiger partial charge in [-0.15, -0.1) is 0 Å². The first kappa shape index (κ1) is 8.49. The Morgan fingerprint density at radius 1 is 1.31 bits per heavy atom. The van der Waals surface area contributed by atoms with E-state index in [9.17, 15) is 4.39 Å². The predicted octanol–water partition coefficient (Wildman–Crippen LogP) is 3.38. The molecule has 67 valence electrons. The van der Waals surface area contributed by atoms with Crippen molar-refractivity contribution in [1.82, 2.24) is 0 Å². The van der Waals surface area contributed by atoms with E-state index in [4.69, 9.17) is 0 Å². The first-order valence-electron chi connectivity index (χ1n) is 4.57. The van der Waals surface area contributed by atoms with E-state index < -0.39 is 0 Å². The third-order valence-electron chi connectivity index (χ3n) is 2.53. The van der Waals surface area contributed by atoms with Crippen LogP contribution in [0.5, 0.6) is 0 Å². The lowest BCUT2D eigenvalue weighted by Crippen LogP contribution is -2.01. The molecule has 1 aromatic carbocycles. The smallest absolute Gasteiger partial charge is 0.127 e. The number of allylic oxidation sites excluding steroid dienone is 1. The van der Waals surface area contributed by atoms with Gasteiger partial charge in [-0.3, -0.25) is 0 Å². The van der Waals surface area contributed by atoms with E-state index in [-0.39, 0.29) is 5.82 Å². The van der Waals surface area contributed by atoms with Crippen molar-refractivity contribution in [2.75, 3.05) is 0 Å². The van der Waals surface area contributed by atoms with Gasteiger partial charge in [0.25, 0.3) is 0 Å². The Labute approximate surface area is 78.1 Å². The van der Waals surface area contributed by atoms with Gasteiger partial charge in [0.05, 0.1) is 0 Å². The van der Waals surface area contributed by atoms with Crippen LogP contribution in [0.4, 0.5) is 4.39 Å². The molecule has 0 unspecified atom stereocenters. The van der Waals surface area contributed by atoms with Gasteiger partial charge in [0.1, 0.15) is 5.82 Å². The third kappa shape index (κ3) is 1.51. The first-order valence-corrected chi connectivity index (χ1v) is 4.57. The molecule has 0 aromatic heterocycles. The zero-order valence-corrected chi connectivity index (χ0v) is 7.52. The van der Waals surface area contributed by atoms with Crippen molar-refractivity contribution in [3.05, 3.63) is 47.6 Å². The number of fused-ring (bicyclic) bond motifs is 1. The van der Waals surface area contributed by atoms with Crippen LogP contribution in [0, 0.1) is 12.7 Å². The Bertz CT molecular complexity index is 350. The van der Waals surface area contributed by atoms with Gasteiger partial charge in [-0.1, -0.05) is 23.8 Å². The maximum atomic E-state index is 13.3. The molecule has 0 spiro atoms. The molecule has 0 nitrogen and oxygen atoms in total. The van der Waals surface area contributed by atoms with E-state index in [0.717, 1.165) is 30.4 Å². The average molecular weight is 175 g/mol. The summed E-state index contributed by atoms with van der Waals surface area (Å²) in [6, 6.07) is 5.26. The number of halogens is 1. The van der Waals surface area contributed by atoms with E-state index >= 15 is 0 Å². The highest BCUT2D eigenvalue weighted by atomic mass is 19.1. The summed E-state index contributed by atoms with van der Waals surface area (Å²) in [7, 11) is 0. The third-order valence-corrected chi connectivity index (χ3v) is 2.53. The van der Waals surface area contributed by atoms with Crippen LogP contribution in [0.2, 0.25) is 0 Å². The van der Waals surface area contributed by atoms with Crippen molar-refractivity contribution in [2.45, 2.75) is 19.3 Å². The van der Waals surface area contributed by atoms with Gasteiger partial charge in [0.15, 0.2) is 0 Å². The lowest BCUT2D eigenvalue weighted by molar-refractivity contribution is 0.606. The fraction of sp³-hybridized carbons (Fsp3) is 0.250. The van der Waals surface area contributed by atoms with Crippen molar-refractivity contribution in [3.8, 4) is 0 Å². The quantitative estimate of drug-likeness (QED) is 0.613. The van der Waals surface area contributed by atoms with Gasteiger partial charge >= 0.3 is 0 Å². The Morgan fingerprint density at radius 3 is 2.92 bits per heavy atom. The summed E-state index contributed by atoms with van der Waals surface area (Å²) in [5, 5.41) is 0. The second-order valence-electron chi connectivity index (χ2n) is 3.36. The van der Waals surface area contributed by atoms with E-state index in [1.807, 2.05) is 6.07 Å². The molecule has 0 saturated heterocycles. The molecule has 1 aliphatic carbocycles. The Kier molecular flexibility index (Phi) is 2.17. The number of benzene rings is 1. The minimum Gasteiger partial charge on any atom is -0.207 e. The minimum atomic E-state index is -0.0723. The zero-order chi connectivity index (χ0) is 9.26. The molecular weight excluding hydrogens is 163 g/mol. The summed E-state index contributed by atoms with van der Waals surface area (Å²) in [5.41, 5.74) is 3.21. The molecule has 0 atom stereocenters.